The molecule has 0 spiro atoms. The molecule has 0 radical (unpaired) electrons. The van der Waals surface area contributed by atoms with Crippen molar-refractivity contribution in [2.45, 2.75) is 180 Å². The normalized spacial score (nSPS) is 15.0. The van der Waals surface area contributed by atoms with E-state index in [2.05, 4.69) is 79.9 Å². The summed E-state index contributed by atoms with van der Waals surface area (Å²) in [5.74, 6) is -0.179. The number of unbranched alkanes of at least 4 members (excludes halogenated alkanes) is 15. The number of likely N-dealkylation sites (N-methyl/N-ethyl adjacent to an activating group) is 1. The lowest BCUT2D eigenvalue weighted by Gasteiger charge is -2.30. The number of amides is 1. The summed E-state index contributed by atoms with van der Waals surface area (Å²) in [6.07, 6.45) is 47.0. The maximum atomic E-state index is 12.8. The fourth-order valence-corrected chi connectivity index (χ4v) is 6.55. The molecule has 0 bridgehead atoms. The molecule has 0 aromatic carbocycles. The number of phosphoric ester groups is 1. The number of carbonyl (C=O) groups excluding carboxylic acids is 1. The maximum Gasteiger partial charge on any atom is 0.268 e. The summed E-state index contributed by atoms with van der Waals surface area (Å²) in [7, 11) is 1.29. The van der Waals surface area contributed by atoms with Gasteiger partial charge in [-0.05, 0) is 57.8 Å². The van der Waals surface area contributed by atoms with Crippen LogP contribution < -0.4 is 10.2 Å². The second-order valence-corrected chi connectivity index (χ2v) is 17.1. The molecule has 2 N–H and O–H groups in total. The van der Waals surface area contributed by atoms with Crippen LogP contribution in [0.5, 0.6) is 0 Å². The van der Waals surface area contributed by atoms with Gasteiger partial charge in [0.05, 0.1) is 39.9 Å². The van der Waals surface area contributed by atoms with Crippen LogP contribution in [-0.2, 0) is 18.4 Å². The Hall–Kier alpha value is -1.80. The molecule has 1 amide bonds. The molecule has 0 aliphatic heterocycles. The first-order valence-electron chi connectivity index (χ1n) is 21.6. The van der Waals surface area contributed by atoms with Crippen LogP contribution in [0.15, 0.2) is 60.8 Å². The van der Waals surface area contributed by atoms with Crippen molar-refractivity contribution in [3.8, 4) is 0 Å². The van der Waals surface area contributed by atoms with Gasteiger partial charge < -0.3 is 28.8 Å². The zero-order valence-corrected chi connectivity index (χ0v) is 36.3. The van der Waals surface area contributed by atoms with Gasteiger partial charge >= 0.3 is 0 Å². The number of hydrogen-bond acceptors (Lipinski definition) is 6. The van der Waals surface area contributed by atoms with Gasteiger partial charge in [0, 0.05) is 6.42 Å². The number of nitrogens with zero attached hydrogens (tertiary/aromatic N) is 1. The standard InChI is InChI=1S/C45H83N2O6P/c1-6-8-10-12-13-14-15-16-17-18-19-20-21-22-23-24-25-26-27-28-29-30-31-32-33-35-37-39-45(49)46-43(44(48)38-36-34-11-9-7-2)42-53-54(50,51)52-41-40-47(3,4)5/h8,10,13-14,16-17,19-20,22-23,43-44,48H,6-7,9,11-12,15,18,21,24-42H2,1-5H3,(H-,46,49,50,51)/b10-8-,14-13-,17-16-,20-19-,23-22-. The largest absolute Gasteiger partial charge is 0.756 e. The van der Waals surface area contributed by atoms with Crippen LogP contribution in [0.3, 0.4) is 0 Å². The summed E-state index contributed by atoms with van der Waals surface area (Å²) >= 11 is 0. The van der Waals surface area contributed by atoms with Crippen molar-refractivity contribution in [2.75, 3.05) is 40.9 Å². The highest BCUT2D eigenvalue weighted by atomic mass is 31.2. The van der Waals surface area contributed by atoms with Crippen molar-refractivity contribution in [1.29, 1.82) is 0 Å². The first-order chi connectivity index (χ1) is 26.0. The van der Waals surface area contributed by atoms with Gasteiger partial charge in [-0.3, -0.25) is 9.36 Å². The SMILES string of the molecule is CC/C=C\C/C=C\C/C=C\C/C=C\C/C=C\CCCCCCCCCCCCCC(=O)NC(COP(=O)([O-])OCC[N+](C)(C)C)C(O)CCCCCCC. The molecule has 8 nitrogen and oxygen atoms in total. The van der Waals surface area contributed by atoms with E-state index in [1.54, 1.807) is 0 Å². The smallest absolute Gasteiger partial charge is 0.268 e. The van der Waals surface area contributed by atoms with Crippen LogP contribution in [0.4, 0.5) is 0 Å². The molecule has 0 aromatic heterocycles. The van der Waals surface area contributed by atoms with E-state index in [1.807, 2.05) is 21.1 Å². The first-order valence-corrected chi connectivity index (χ1v) is 23.1. The van der Waals surface area contributed by atoms with Crippen LogP contribution in [0.2, 0.25) is 0 Å². The highest BCUT2D eigenvalue weighted by molar-refractivity contribution is 7.45. The molecule has 0 fully saturated rings. The third-order valence-corrected chi connectivity index (χ3v) is 10.2. The molecular formula is C45H83N2O6P. The summed E-state index contributed by atoms with van der Waals surface area (Å²) in [6, 6.07) is -0.800. The van der Waals surface area contributed by atoms with Crippen molar-refractivity contribution in [3.05, 3.63) is 60.8 Å². The third-order valence-electron chi connectivity index (χ3n) is 9.27. The maximum absolute atomic E-state index is 12.8. The van der Waals surface area contributed by atoms with E-state index in [1.165, 1.54) is 57.8 Å². The Balaban J connectivity index is 4.02. The van der Waals surface area contributed by atoms with Crippen LogP contribution in [0, 0.1) is 0 Å². The Morgan fingerprint density at radius 1 is 0.667 bits per heavy atom. The highest BCUT2D eigenvalue weighted by Crippen LogP contribution is 2.38. The molecule has 3 atom stereocenters. The molecular weight excluding hydrogens is 695 g/mol. The summed E-state index contributed by atoms with van der Waals surface area (Å²) < 4.78 is 23.0. The quantitative estimate of drug-likeness (QED) is 0.0280. The minimum Gasteiger partial charge on any atom is -0.756 e. The number of nitrogens with one attached hydrogen (secondary N) is 1. The average molecular weight is 779 g/mol. The van der Waals surface area contributed by atoms with E-state index in [0.717, 1.165) is 83.5 Å². The van der Waals surface area contributed by atoms with Gasteiger partial charge in [-0.25, -0.2) is 0 Å². The van der Waals surface area contributed by atoms with Crippen LogP contribution >= 0.6 is 7.82 Å². The van der Waals surface area contributed by atoms with Gasteiger partial charge in [-0.15, -0.1) is 0 Å². The lowest BCUT2D eigenvalue weighted by molar-refractivity contribution is -0.870. The number of aliphatic hydroxyl groups excluding tert-OH is 1. The predicted octanol–water partition coefficient (Wildman–Crippen LogP) is 11.2. The fraction of sp³-hybridized carbons (Fsp3) is 0.756. The van der Waals surface area contributed by atoms with Crippen molar-refractivity contribution in [3.63, 3.8) is 0 Å². The predicted molar refractivity (Wildman–Crippen MR) is 228 cm³/mol. The summed E-state index contributed by atoms with van der Waals surface area (Å²) in [4.78, 5) is 25.1. The lowest BCUT2D eigenvalue weighted by Crippen LogP contribution is -2.46. The molecule has 0 heterocycles. The van der Waals surface area contributed by atoms with Crippen LogP contribution in [0.1, 0.15) is 168 Å². The van der Waals surface area contributed by atoms with Gasteiger partial charge in [-0.1, -0.05) is 164 Å². The minimum atomic E-state index is -4.55. The van der Waals surface area contributed by atoms with E-state index in [4.69, 9.17) is 9.05 Å². The van der Waals surface area contributed by atoms with E-state index < -0.39 is 20.0 Å². The second-order valence-electron chi connectivity index (χ2n) is 15.7. The van der Waals surface area contributed by atoms with Gasteiger partial charge in [0.25, 0.3) is 7.82 Å². The number of allylic oxidation sites excluding steroid dienone is 10. The lowest BCUT2D eigenvalue weighted by atomic mass is 10.0. The number of carbonyl (C=O) groups is 1. The Morgan fingerprint density at radius 3 is 1.65 bits per heavy atom. The first kappa shape index (κ1) is 52.2. The Bertz CT molecular complexity index is 1060. The molecule has 3 unspecified atom stereocenters. The number of aliphatic hydroxyl groups is 1. The summed E-state index contributed by atoms with van der Waals surface area (Å²) in [5.41, 5.74) is 0. The van der Waals surface area contributed by atoms with Crippen LogP contribution in [0.25, 0.3) is 0 Å². The van der Waals surface area contributed by atoms with Crippen molar-refractivity contribution >= 4 is 13.7 Å². The summed E-state index contributed by atoms with van der Waals surface area (Å²) in [5, 5.41) is 13.7. The number of hydrogen-bond donors (Lipinski definition) is 2. The molecule has 314 valence electrons. The molecule has 0 saturated heterocycles. The number of quaternary nitrogens is 1. The molecule has 54 heavy (non-hydrogen) atoms. The topological polar surface area (TPSA) is 108 Å². The second kappa shape index (κ2) is 36.8. The molecule has 0 aliphatic carbocycles. The van der Waals surface area contributed by atoms with E-state index in [9.17, 15) is 19.4 Å². The Labute approximate surface area is 332 Å². The number of phosphoric acid groups is 1. The monoisotopic (exact) mass is 779 g/mol. The van der Waals surface area contributed by atoms with Crippen molar-refractivity contribution < 1.29 is 32.9 Å². The average Bonchev–Trinajstić information content (AvgIpc) is 3.12. The molecule has 0 aromatic rings. The van der Waals surface area contributed by atoms with E-state index in [0.29, 0.717) is 23.9 Å². The van der Waals surface area contributed by atoms with Gasteiger partial charge in [-0.2, -0.15) is 0 Å². The molecule has 0 saturated carbocycles. The van der Waals surface area contributed by atoms with Crippen molar-refractivity contribution in [2.24, 2.45) is 0 Å². The van der Waals surface area contributed by atoms with Crippen molar-refractivity contribution in [1.82, 2.24) is 5.32 Å². The van der Waals surface area contributed by atoms with Crippen LogP contribution in [-0.4, -0.2) is 68.5 Å². The zero-order chi connectivity index (χ0) is 40.0. The highest BCUT2D eigenvalue weighted by Gasteiger charge is 2.24. The zero-order valence-electron chi connectivity index (χ0n) is 35.4. The van der Waals surface area contributed by atoms with E-state index in [-0.39, 0.29) is 19.1 Å². The number of rotatable bonds is 38. The Morgan fingerprint density at radius 2 is 1.13 bits per heavy atom. The van der Waals surface area contributed by atoms with Gasteiger partial charge in [0.15, 0.2) is 0 Å². The van der Waals surface area contributed by atoms with E-state index >= 15 is 0 Å². The molecule has 9 heteroatoms. The summed E-state index contributed by atoms with van der Waals surface area (Å²) in [6.45, 7) is 4.49. The molecule has 0 rings (SSSR count). The minimum absolute atomic E-state index is 0.00820. The third kappa shape index (κ3) is 38.5. The fourth-order valence-electron chi connectivity index (χ4n) is 5.83. The Kier molecular flexibility index (Phi) is 35.6. The van der Waals surface area contributed by atoms with Gasteiger partial charge in [0.2, 0.25) is 5.91 Å². The van der Waals surface area contributed by atoms with Gasteiger partial charge in [0.1, 0.15) is 13.2 Å². The molecule has 0 aliphatic rings.